The van der Waals surface area contributed by atoms with Gasteiger partial charge in [-0.1, -0.05) is 30.3 Å². The number of alkyl halides is 3. The summed E-state index contributed by atoms with van der Waals surface area (Å²) in [5.41, 5.74) is 1.20. The summed E-state index contributed by atoms with van der Waals surface area (Å²) in [4.78, 5) is 2.20. The Balaban J connectivity index is 1.78. The molecule has 0 spiro atoms. The molecule has 0 bridgehead atoms. The number of rotatable bonds is 7. The molecule has 0 radical (unpaired) electrons. The average Bonchev–Trinajstić information content (AvgIpc) is 2.72. The topological polar surface area (TPSA) is 21.7 Å². The van der Waals surface area contributed by atoms with E-state index in [1.54, 1.807) is 13.2 Å². The molecule has 2 unspecified atom stereocenters. The third-order valence-electron chi connectivity index (χ3n) is 5.64. The fraction of sp³-hybridized carbons (Fsp3) is 0.417. The highest BCUT2D eigenvalue weighted by molar-refractivity contribution is 5.43. The second-order valence-corrected chi connectivity index (χ2v) is 7.83. The van der Waals surface area contributed by atoms with E-state index in [0.717, 1.165) is 43.1 Å². The van der Waals surface area contributed by atoms with Gasteiger partial charge in [0.25, 0.3) is 0 Å². The Morgan fingerprint density at radius 3 is 2.67 bits per heavy atom. The molecule has 3 nitrogen and oxygen atoms in total. The summed E-state index contributed by atoms with van der Waals surface area (Å²) in [6.07, 6.45) is -0.982. The number of piperidine rings is 1. The Kier molecular flexibility index (Phi) is 7.08. The van der Waals surface area contributed by atoms with Crippen molar-refractivity contribution in [3.05, 3.63) is 71.8 Å². The van der Waals surface area contributed by atoms with E-state index in [0.29, 0.717) is 18.1 Å². The Bertz CT molecular complexity index is 866. The van der Waals surface area contributed by atoms with Crippen LogP contribution in [-0.2, 0) is 12.6 Å². The first-order chi connectivity index (χ1) is 14.3. The minimum Gasteiger partial charge on any atom is -0.493 e. The maximum Gasteiger partial charge on any atom is 0.416 e. The molecular weight excluding hydrogens is 391 g/mol. The van der Waals surface area contributed by atoms with Crippen LogP contribution >= 0.6 is 0 Å². The number of hydrogen-bond donors (Lipinski definition) is 0. The van der Waals surface area contributed by atoms with Crippen molar-refractivity contribution < 1.29 is 22.6 Å². The third kappa shape index (κ3) is 5.36. The number of hydrogen-bond acceptors (Lipinski definition) is 3. The molecule has 1 aliphatic rings. The molecule has 1 saturated heterocycles. The minimum absolute atomic E-state index is 0.00883. The largest absolute Gasteiger partial charge is 0.493 e. The molecule has 0 aliphatic carbocycles. The van der Waals surface area contributed by atoms with E-state index in [-0.39, 0.29) is 11.8 Å². The molecule has 6 heteroatoms. The van der Waals surface area contributed by atoms with Gasteiger partial charge in [0.05, 0.1) is 19.3 Å². The van der Waals surface area contributed by atoms with Crippen LogP contribution in [0.4, 0.5) is 13.2 Å². The fourth-order valence-corrected chi connectivity index (χ4v) is 4.09. The summed E-state index contributed by atoms with van der Waals surface area (Å²) in [7, 11) is 3.62. The first-order valence-electron chi connectivity index (χ1n) is 10.1. The predicted molar refractivity (Wildman–Crippen MR) is 112 cm³/mol. The molecule has 30 heavy (non-hydrogen) atoms. The number of benzene rings is 2. The van der Waals surface area contributed by atoms with E-state index in [1.165, 1.54) is 12.1 Å². The quantitative estimate of drug-likeness (QED) is 0.549. The predicted octanol–water partition coefficient (Wildman–Crippen LogP) is 5.56. The number of methoxy groups -OCH3 is 1. The number of halogens is 3. The zero-order valence-electron chi connectivity index (χ0n) is 17.4. The van der Waals surface area contributed by atoms with Crippen LogP contribution in [0.3, 0.4) is 0 Å². The smallest absolute Gasteiger partial charge is 0.416 e. The van der Waals surface area contributed by atoms with Crippen molar-refractivity contribution in [2.45, 2.75) is 24.9 Å². The number of likely N-dealkylation sites (tertiary alicyclic amines) is 1. The van der Waals surface area contributed by atoms with E-state index < -0.39 is 11.7 Å². The zero-order valence-corrected chi connectivity index (χ0v) is 17.4. The van der Waals surface area contributed by atoms with Gasteiger partial charge in [0.15, 0.2) is 11.5 Å². The van der Waals surface area contributed by atoms with Crippen molar-refractivity contribution in [2.24, 2.45) is 5.92 Å². The lowest BCUT2D eigenvalue weighted by atomic mass is 9.80. The molecule has 162 valence electrons. The van der Waals surface area contributed by atoms with Crippen LogP contribution in [0.25, 0.3) is 0 Å². The van der Waals surface area contributed by atoms with Gasteiger partial charge in [-0.15, -0.1) is 6.58 Å². The van der Waals surface area contributed by atoms with E-state index >= 15 is 0 Å². The van der Waals surface area contributed by atoms with Gasteiger partial charge in [0, 0.05) is 12.5 Å². The lowest BCUT2D eigenvalue weighted by molar-refractivity contribution is -0.137. The van der Waals surface area contributed by atoms with E-state index in [4.69, 9.17) is 9.47 Å². The molecular formula is C24H28F3NO2. The highest BCUT2D eigenvalue weighted by Crippen LogP contribution is 2.37. The van der Waals surface area contributed by atoms with Crippen molar-refractivity contribution in [1.29, 1.82) is 0 Å². The van der Waals surface area contributed by atoms with Gasteiger partial charge in [-0.2, -0.15) is 13.2 Å². The molecule has 1 aliphatic heterocycles. The van der Waals surface area contributed by atoms with Gasteiger partial charge < -0.3 is 14.4 Å². The molecule has 2 atom stereocenters. The third-order valence-corrected chi connectivity index (χ3v) is 5.64. The summed E-state index contributed by atoms with van der Waals surface area (Å²) < 4.78 is 51.1. The van der Waals surface area contributed by atoms with Crippen molar-refractivity contribution in [3.8, 4) is 11.5 Å². The van der Waals surface area contributed by atoms with Crippen molar-refractivity contribution in [1.82, 2.24) is 4.90 Å². The Labute approximate surface area is 176 Å². The molecule has 2 aromatic carbocycles. The van der Waals surface area contributed by atoms with Crippen LogP contribution in [0.15, 0.2) is 55.1 Å². The SMILES string of the molecule is C=CCc1ccc(OCC2CN(C)CCC2c2cccc(C(F)(F)F)c2)c(OC)c1. The Hall–Kier alpha value is -2.47. The normalized spacial score (nSPS) is 20.0. The summed E-state index contributed by atoms with van der Waals surface area (Å²) in [6, 6.07) is 11.5. The fourth-order valence-electron chi connectivity index (χ4n) is 4.09. The lowest BCUT2D eigenvalue weighted by Crippen LogP contribution is -2.39. The summed E-state index contributed by atoms with van der Waals surface area (Å²) in [5, 5.41) is 0. The summed E-state index contributed by atoms with van der Waals surface area (Å²) in [5.74, 6) is 1.37. The standard InChI is InChI=1S/C24H28F3NO2/c1-4-6-17-9-10-22(23(13-17)29-3)30-16-19-15-28(2)12-11-21(19)18-7-5-8-20(14-18)24(25,26)27/h4-5,7-10,13-14,19,21H,1,6,11-12,15-16H2,2-3H3. The van der Waals surface area contributed by atoms with Crippen LogP contribution in [0, 0.1) is 5.92 Å². The van der Waals surface area contributed by atoms with Crippen LogP contribution < -0.4 is 9.47 Å². The van der Waals surface area contributed by atoms with Gasteiger partial charge in [0.2, 0.25) is 0 Å². The maximum absolute atomic E-state index is 13.2. The average molecular weight is 419 g/mol. The molecule has 1 fully saturated rings. The molecule has 1 heterocycles. The van der Waals surface area contributed by atoms with Crippen molar-refractivity contribution in [3.63, 3.8) is 0 Å². The van der Waals surface area contributed by atoms with E-state index in [1.807, 2.05) is 31.3 Å². The van der Waals surface area contributed by atoms with Crippen LogP contribution in [0.1, 0.15) is 29.0 Å². The number of ether oxygens (including phenoxy) is 2. The zero-order chi connectivity index (χ0) is 21.7. The van der Waals surface area contributed by atoms with Crippen LogP contribution in [0.5, 0.6) is 11.5 Å². The van der Waals surface area contributed by atoms with Crippen molar-refractivity contribution in [2.75, 3.05) is 33.9 Å². The monoisotopic (exact) mass is 419 g/mol. The summed E-state index contributed by atoms with van der Waals surface area (Å²) >= 11 is 0. The second-order valence-electron chi connectivity index (χ2n) is 7.83. The Morgan fingerprint density at radius 2 is 1.97 bits per heavy atom. The molecule has 3 rings (SSSR count). The molecule has 0 saturated carbocycles. The molecule has 0 N–H and O–H groups in total. The van der Waals surface area contributed by atoms with Gasteiger partial charge in [-0.25, -0.2) is 0 Å². The van der Waals surface area contributed by atoms with Gasteiger partial charge in [-0.05, 0) is 61.7 Å². The maximum atomic E-state index is 13.2. The second kappa shape index (κ2) is 9.56. The van der Waals surface area contributed by atoms with E-state index in [9.17, 15) is 13.2 Å². The van der Waals surface area contributed by atoms with E-state index in [2.05, 4.69) is 11.5 Å². The number of allylic oxidation sites excluding steroid dienone is 1. The van der Waals surface area contributed by atoms with Crippen LogP contribution in [-0.4, -0.2) is 38.8 Å². The van der Waals surface area contributed by atoms with Gasteiger partial charge in [-0.3, -0.25) is 0 Å². The molecule has 0 amide bonds. The molecule has 2 aromatic rings. The lowest BCUT2D eigenvalue weighted by Gasteiger charge is -2.37. The highest BCUT2D eigenvalue weighted by atomic mass is 19.4. The first kappa shape index (κ1) is 22.2. The number of nitrogens with zero attached hydrogens (tertiary/aromatic N) is 1. The summed E-state index contributed by atoms with van der Waals surface area (Å²) in [6.45, 7) is 5.76. The van der Waals surface area contributed by atoms with Gasteiger partial charge in [0.1, 0.15) is 0 Å². The highest BCUT2D eigenvalue weighted by Gasteiger charge is 2.34. The van der Waals surface area contributed by atoms with Gasteiger partial charge >= 0.3 is 6.18 Å². The Morgan fingerprint density at radius 1 is 1.17 bits per heavy atom. The van der Waals surface area contributed by atoms with Crippen LogP contribution in [0.2, 0.25) is 0 Å². The first-order valence-corrected chi connectivity index (χ1v) is 10.1. The van der Waals surface area contributed by atoms with Crippen molar-refractivity contribution >= 4 is 0 Å². The minimum atomic E-state index is -4.34. The molecule has 0 aromatic heterocycles.